The van der Waals surface area contributed by atoms with Crippen LogP contribution >= 0.6 is 11.3 Å². The van der Waals surface area contributed by atoms with E-state index in [1.54, 1.807) is 11.3 Å². The van der Waals surface area contributed by atoms with Crippen LogP contribution in [-0.4, -0.2) is 29.1 Å². The first kappa shape index (κ1) is 13.8. The van der Waals surface area contributed by atoms with E-state index in [0.29, 0.717) is 12.0 Å². The fourth-order valence-electron chi connectivity index (χ4n) is 4.53. The minimum absolute atomic E-state index is 0.212. The van der Waals surface area contributed by atoms with Crippen LogP contribution in [0.2, 0.25) is 0 Å². The maximum Gasteiger partial charge on any atom is 0.260 e. The highest BCUT2D eigenvalue weighted by Crippen LogP contribution is 2.36. The molecule has 4 heterocycles. The predicted octanol–water partition coefficient (Wildman–Crippen LogP) is 3.87. The Bertz CT molecular complexity index is 941. The third kappa shape index (κ3) is 2.08. The fourth-order valence-corrected chi connectivity index (χ4v) is 5.63. The van der Waals surface area contributed by atoms with Gasteiger partial charge in [-0.15, -0.1) is 11.3 Å². The molecule has 4 heteroatoms. The van der Waals surface area contributed by atoms with E-state index in [1.807, 2.05) is 12.1 Å². The normalized spacial score (nSPS) is 27.6. The summed E-state index contributed by atoms with van der Waals surface area (Å²) in [7, 11) is 0. The Hall–Kier alpha value is -1.65. The van der Waals surface area contributed by atoms with Gasteiger partial charge in [0, 0.05) is 40.1 Å². The van der Waals surface area contributed by atoms with Crippen LogP contribution < -0.4 is 5.56 Å². The van der Waals surface area contributed by atoms with Gasteiger partial charge in [0.1, 0.15) is 0 Å². The number of benzene rings is 1. The topological polar surface area (TPSA) is 25.2 Å². The van der Waals surface area contributed by atoms with Crippen LogP contribution in [-0.2, 0) is 0 Å². The molecule has 3 unspecified atom stereocenters. The minimum Gasteiger partial charge on any atom is -0.311 e. The Labute approximate surface area is 139 Å². The molecule has 1 aromatic carbocycles. The molecule has 3 aromatic rings. The molecule has 0 amide bonds. The van der Waals surface area contributed by atoms with Crippen LogP contribution in [0.3, 0.4) is 0 Å². The van der Waals surface area contributed by atoms with Gasteiger partial charge in [0.15, 0.2) is 0 Å². The van der Waals surface area contributed by atoms with Crippen molar-refractivity contribution in [3.05, 3.63) is 46.9 Å². The monoisotopic (exact) mass is 324 g/mol. The first-order valence-corrected chi connectivity index (χ1v) is 9.37. The Morgan fingerprint density at radius 1 is 1.04 bits per heavy atom. The van der Waals surface area contributed by atoms with Crippen molar-refractivity contribution in [3.8, 4) is 0 Å². The first-order valence-electron chi connectivity index (χ1n) is 8.56. The van der Waals surface area contributed by atoms with Crippen molar-refractivity contribution in [2.24, 2.45) is 5.92 Å². The number of aromatic nitrogens is 1. The second-order valence-corrected chi connectivity index (χ2v) is 8.01. The molecule has 2 aliphatic rings. The van der Waals surface area contributed by atoms with Gasteiger partial charge in [-0.1, -0.05) is 18.2 Å². The van der Waals surface area contributed by atoms with Crippen molar-refractivity contribution in [2.75, 3.05) is 19.6 Å². The fraction of sp³-hybridized carbons (Fsp3) is 0.421. The molecule has 2 saturated heterocycles. The van der Waals surface area contributed by atoms with Gasteiger partial charge in [-0.25, -0.2) is 0 Å². The molecule has 5 rings (SSSR count). The van der Waals surface area contributed by atoms with Gasteiger partial charge in [-0.05, 0) is 43.9 Å². The van der Waals surface area contributed by atoms with Crippen LogP contribution in [0.15, 0.2) is 41.3 Å². The smallest absolute Gasteiger partial charge is 0.260 e. The van der Waals surface area contributed by atoms with E-state index in [4.69, 9.17) is 0 Å². The van der Waals surface area contributed by atoms with Crippen LogP contribution in [0.4, 0.5) is 0 Å². The highest BCUT2D eigenvalue weighted by Gasteiger charge is 2.33. The number of pyridine rings is 1. The molecule has 0 radical (unpaired) electrons. The van der Waals surface area contributed by atoms with Crippen molar-refractivity contribution in [3.63, 3.8) is 0 Å². The summed E-state index contributed by atoms with van der Waals surface area (Å²) in [5, 5.41) is 2.04. The van der Waals surface area contributed by atoms with Crippen molar-refractivity contribution >= 4 is 31.5 Å². The summed E-state index contributed by atoms with van der Waals surface area (Å²) in [5.74, 6) is 0.637. The maximum atomic E-state index is 13.2. The van der Waals surface area contributed by atoms with E-state index in [-0.39, 0.29) is 5.56 Å². The zero-order chi connectivity index (χ0) is 15.4. The van der Waals surface area contributed by atoms with Gasteiger partial charge in [-0.3, -0.25) is 4.79 Å². The van der Waals surface area contributed by atoms with Crippen LogP contribution in [0.25, 0.3) is 20.2 Å². The van der Waals surface area contributed by atoms with Gasteiger partial charge < -0.3 is 9.47 Å². The third-order valence-corrected chi connectivity index (χ3v) is 6.78. The van der Waals surface area contributed by atoms with E-state index in [0.717, 1.165) is 28.4 Å². The standard InChI is InChI=1S/C19H20N2OS/c22-19-18-14-5-1-2-6-16(14)23-17(18)8-11-21(19)15-7-10-20-9-3-4-13(15)12-20/h1-2,5-6,8,11,13,15H,3-4,7,9-10,12H2. The number of piperidine rings is 2. The number of hydrogen-bond donors (Lipinski definition) is 0. The summed E-state index contributed by atoms with van der Waals surface area (Å²) < 4.78 is 4.38. The summed E-state index contributed by atoms with van der Waals surface area (Å²) in [6, 6.07) is 10.8. The summed E-state index contributed by atoms with van der Waals surface area (Å²) in [4.78, 5) is 15.8. The van der Waals surface area contributed by atoms with Crippen LogP contribution in [0.5, 0.6) is 0 Å². The lowest BCUT2D eigenvalue weighted by Crippen LogP contribution is -2.46. The molecule has 0 aliphatic carbocycles. The molecule has 2 fully saturated rings. The summed E-state index contributed by atoms with van der Waals surface area (Å²) >= 11 is 1.73. The van der Waals surface area contributed by atoms with Gasteiger partial charge in [0.25, 0.3) is 5.56 Å². The number of nitrogens with zero attached hydrogens (tertiary/aromatic N) is 2. The van der Waals surface area contributed by atoms with Crippen molar-refractivity contribution in [1.82, 2.24) is 9.47 Å². The molecule has 3 atom stereocenters. The van der Waals surface area contributed by atoms with Gasteiger partial charge in [-0.2, -0.15) is 0 Å². The number of fused-ring (bicyclic) bond motifs is 5. The van der Waals surface area contributed by atoms with Crippen LogP contribution in [0, 0.1) is 5.92 Å². The average Bonchev–Trinajstić information content (AvgIpc) is 2.96. The zero-order valence-electron chi connectivity index (χ0n) is 13.1. The Morgan fingerprint density at radius 3 is 2.91 bits per heavy atom. The average molecular weight is 324 g/mol. The number of hydrogen-bond acceptors (Lipinski definition) is 3. The van der Waals surface area contributed by atoms with Gasteiger partial charge in [0.05, 0.1) is 5.39 Å². The molecule has 0 spiro atoms. The zero-order valence-corrected chi connectivity index (χ0v) is 13.9. The quantitative estimate of drug-likeness (QED) is 0.679. The van der Waals surface area contributed by atoms with E-state index < -0.39 is 0 Å². The van der Waals surface area contributed by atoms with E-state index in [2.05, 4.69) is 33.9 Å². The summed E-state index contributed by atoms with van der Waals surface area (Å²) in [5.41, 5.74) is 0.212. The molecular formula is C19H20N2OS. The van der Waals surface area contributed by atoms with Crippen molar-refractivity contribution in [1.29, 1.82) is 0 Å². The molecule has 118 valence electrons. The SMILES string of the molecule is O=c1c2c(ccn1C1CCN3CCCC1C3)sc1ccccc12. The summed E-state index contributed by atoms with van der Waals surface area (Å²) in [6.45, 7) is 3.54. The van der Waals surface area contributed by atoms with Gasteiger partial charge >= 0.3 is 0 Å². The molecule has 0 N–H and O–H groups in total. The minimum atomic E-state index is 0.212. The predicted molar refractivity (Wildman–Crippen MR) is 96.4 cm³/mol. The highest BCUT2D eigenvalue weighted by molar-refractivity contribution is 7.25. The highest BCUT2D eigenvalue weighted by atomic mass is 32.1. The Morgan fingerprint density at radius 2 is 1.96 bits per heavy atom. The Kier molecular flexibility index (Phi) is 3.10. The van der Waals surface area contributed by atoms with E-state index in [9.17, 15) is 4.79 Å². The van der Waals surface area contributed by atoms with Crippen LogP contribution in [0.1, 0.15) is 25.3 Å². The lowest BCUT2D eigenvalue weighted by molar-refractivity contribution is 0.0775. The van der Waals surface area contributed by atoms with Gasteiger partial charge in [0.2, 0.25) is 0 Å². The lowest BCUT2D eigenvalue weighted by atomic mass is 9.84. The summed E-state index contributed by atoms with van der Waals surface area (Å²) in [6.07, 6.45) is 5.70. The molecule has 2 bridgehead atoms. The Balaban J connectivity index is 1.68. The maximum absolute atomic E-state index is 13.2. The molecule has 2 aromatic heterocycles. The van der Waals surface area contributed by atoms with Crippen molar-refractivity contribution in [2.45, 2.75) is 25.3 Å². The first-order chi connectivity index (χ1) is 11.3. The largest absolute Gasteiger partial charge is 0.311 e. The molecule has 3 nitrogen and oxygen atoms in total. The molecular weight excluding hydrogens is 304 g/mol. The number of thiophene rings is 1. The second-order valence-electron chi connectivity index (χ2n) is 6.92. The third-order valence-electron chi connectivity index (χ3n) is 5.64. The van der Waals surface area contributed by atoms with Crippen molar-refractivity contribution < 1.29 is 0 Å². The molecule has 2 aliphatic heterocycles. The second kappa shape index (κ2) is 5.18. The molecule has 0 saturated carbocycles. The molecule has 23 heavy (non-hydrogen) atoms. The van der Waals surface area contributed by atoms with E-state index in [1.165, 1.54) is 30.6 Å². The number of rotatable bonds is 1. The van der Waals surface area contributed by atoms with E-state index >= 15 is 0 Å². The lowest BCUT2D eigenvalue weighted by Gasteiger charge is -2.43.